The van der Waals surface area contributed by atoms with E-state index in [0.29, 0.717) is 61.8 Å². The summed E-state index contributed by atoms with van der Waals surface area (Å²) >= 11 is 2.78. The van der Waals surface area contributed by atoms with E-state index in [1.54, 1.807) is 21.9 Å². The molecule has 84 heavy (non-hydrogen) atoms. The lowest BCUT2D eigenvalue weighted by Gasteiger charge is -2.21. The Morgan fingerprint density at radius 1 is 0.524 bits per heavy atom. The SMILES string of the molecule is CC(C)c1ccccc1N1C(=O)CSC1=Nc1ccc2cc(-c3ncn(-c4ccc(OC(F)(F)F)cc4)n3)ccc2n1.CC(C)c1ccccc1N=C1SCC(=O)N1c1ccc2cc(-c3ncn(-c4ccc(OC(F)(F)F)cc4)n3)ccc2n1. The van der Waals surface area contributed by atoms with Gasteiger partial charge in [-0.3, -0.25) is 14.5 Å². The number of ether oxygens (including phenoxy) is 2. The highest BCUT2D eigenvalue weighted by molar-refractivity contribution is 8.15. The molecule has 6 aromatic carbocycles. The van der Waals surface area contributed by atoms with E-state index in [0.717, 1.165) is 44.4 Å². The Labute approximate surface area is 483 Å². The number of pyridine rings is 2. The van der Waals surface area contributed by atoms with Gasteiger partial charge < -0.3 is 9.47 Å². The highest BCUT2D eigenvalue weighted by Crippen LogP contribution is 2.37. The average Bonchev–Trinajstić information content (AvgIpc) is 4.19. The molecule has 0 aliphatic carbocycles. The van der Waals surface area contributed by atoms with Gasteiger partial charge in [-0.05, 0) is 144 Å². The van der Waals surface area contributed by atoms with Crippen LogP contribution in [0.25, 0.3) is 56.0 Å². The van der Waals surface area contributed by atoms with Crippen molar-refractivity contribution >= 4 is 90.5 Å². The van der Waals surface area contributed by atoms with Gasteiger partial charge in [0.2, 0.25) is 11.8 Å². The first-order valence-corrected chi connectivity index (χ1v) is 27.9. The number of aromatic nitrogens is 8. The predicted molar refractivity (Wildman–Crippen MR) is 313 cm³/mol. The third-order valence-electron chi connectivity index (χ3n) is 13.1. The molecule has 2 aliphatic heterocycles. The maximum absolute atomic E-state index is 12.9. The number of hydrogen-bond donors (Lipinski definition) is 0. The highest BCUT2D eigenvalue weighted by atomic mass is 32.2. The topological polar surface area (TPSA) is 171 Å². The van der Waals surface area contributed by atoms with Gasteiger partial charge >= 0.3 is 12.7 Å². The van der Waals surface area contributed by atoms with E-state index < -0.39 is 12.7 Å². The van der Waals surface area contributed by atoms with Gasteiger partial charge in [0, 0.05) is 21.9 Å². The van der Waals surface area contributed by atoms with Gasteiger partial charge in [0.25, 0.3) is 0 Å². The van der Waals surface area contributed by atoms with Gasteiger partial charge in [-0.25, -0.2) is 44.2 Å². The number of nitrogens with zero attached hydrogens (tertiary/aromatic N) is 12. The molecule has 4 aromatic heterocycles. The maximum Gasteiger partial charge on any atom is 0.573 e. The Morgan fingerprint density at radius 3 is 1.56 bits per heavy atom. The number of aliphatic imine (C=N–C) groups is 2. The second-order valence-corrected chi connectivity index (χ2v) is 21.4. The molecule has 0 N–H and O–H groups in total. The van der Waals surface area contributed by atoms with Crippen molar-refractivity contribution in [1.82, 2.24) is 39.5 Å². The molecule has 2 aliphatic rings. The number of thioether (sulfide) groups is 2. The zero-order valence-electron chi connectivity index (χ0n) is 44.8. The Balaban J connectivity index is 0.000000175. The molecule has 0 bridgehead atoms. The quantitative estimate of drug-likeness (QED) is 0.106. The van der Waals surface area contributed by atoms with Crippen molar-refractivity contribution in [2.75, 3.05) is 21.3 Å². The molecule has 2 fully saturated rings. The van der Waals surface area contributed by atoms with Crippen LogP contribution in [0.5, 0.6) is 11.5 Å². The van der Waals surface area contributed by atoms with E-state index in [2.05, 4.69) is 57.3 Å². The van der Waals surface area contributed by atoms with Crippen LogP contribution in [0.15, 0.2) is 180 Å². The largest absolute Gasteiger partial charge is 0.573 e. The standard InChI is InChI=1S/2C30H23F3N6O2S/c1-18(2)23-5-3-4-6-25(23)39-27(40)16-42-29(39)36-26-14-8-19-15-20(7-13-24(19)35-26)28-34-17-38(37-28)21-9-11-22(12-10-21)41-30(31,32)33;1-18(2)23-5-3-4-6-25(23)36-29-39(27(40)16-42-29)26-14-8-19-15-20(7-13-24(19)35-26)28-34-17-38(37-28)21-9-11-22(12-10-21)41-30(31,32)33/h2*3-15,17-18H,16H2,1-2H3. The number of benzene rings is 6. The van der Waals surface area contributed by atoms with Crippen LogP contribution in [-0.4, -0.2) is 85.9 Å². The number of para-hydroxylation sites is 2. The van der Waals surface area contributed by atoms with Crippen LogP contribution in [0.2, 0.25) is 0 Å². The van der Waals surface area contributed by atoms with E-state index in [1.165, 1.54) is 94.1 Å². The van der Waals surface area contributed by atoms with E-state index >= 15 is 0 Å². The van der Waals surface area contributed by atoms with Gasteiger partial charge in [0.15, 0.2) is 27.8 Å². The number of amides is 2. The highest BCUT2D eigenvalue weighted by Gasteiger charge is 2.34. The van der Waals surface area contributed by atoms with E-state index in [-0.39, 0.29) is 40.9 Å². The molecule has 2 saturated heterocycles. The first kappa shape index (κ1) is 56.4. The van der Waals surface area contributed by atoms with E-state index in [9.17, 15) is 35.9 Å². The molecule has 0 atom stereocenters. The number of amidine groups is 2. The fourth-order valence-electron chi connectivity index (χ4n) is 9.14. The summed E-state index contributed by atoms with van der Waals surface area (Å²) in [6.07, 6.45) is -6.54. The van der Waals surface area contributed by atoms with Crippen LogP contribution in [0.4, 0.5) is 49.4 Å². The Morgan fingerprint density at radius 2 is 1.01 bits per heavy atom. The Hall–Kier alpha value is -9.42. The number of fused-ring (bicyclic) bond motifs is 2. The van der Waals surface area contributed by atoms with Crippen LogP contribution in [0.1, 0.15) is 50.7 Å². The number of carbonyl (C=O) groups is 2. The molecular formula is C60H46F6N12O4S2. The van der Waals surface area contributed by atoms with Crippen molar-refractivity contribution in [3.63, 3.8) is 0 Å². The van der Waals surface area contributed by atoms with Crippen molar-refractivity contribution in [2.45, 2.75) is 52.3 Å². The lowest BCUT2D eigenvalue weighted by Crippen LogP contribution is -2.30. The second-order valence-electron chi connectivity index (χ2n) is 19.5. The van der Waals surface area contributed by atoms with E-state index in [1.807, 2.05) is 97.1 Å². The van der Waals surface area contributed by atoms with Crippen molar-refractivity contribution in [3.8, 4) is 45.6 Å². The number of anilines is 2. The van der Waals surface area contributed by atoms with Crippen molar-refractivity contribution < 1.29 is 45.4 Å². The van der Waals surface area contributed by atoms with Crippen LogP contribution >= 0.6 is 23.5 Å². The maximum atomic E-state index is 12.9. The first-order chi connectivity index (χ1) is 40.3. The normalized spacial score (nSPS) is 14.9. The third kappa shape index (κ3) is 12.8. The zero-order chi connectivity index (χ0) is 58.9. The summed E-state index contributed by atoms with van der Waals surface area (Å²) in [4.78, 5) is 56.7. The van der Waals surface area contributed by atoms with Gasteiger partial charge in [0.1, 0.15) is 30.0 Å². The zero-order valence-corrected chi connectivity index (χ0v) is 46.5. The summed E-state index contributed by atoms with van der Waals surface area (Å²) in [5.41, 5.74) is 7.77. The van der Waals surface area contributed by atoms with Crippen molar-refractivity contribution in [2.24, 2.45) is 9.98 Å². The Kier molecular flexibility index (Phi) is 15.8. The minimum Gasteiger partial charge on any atom is -0.406 e. The fraction of sp³-hybridized carbons (Fsp3) is 0.167. The van der Waals surface area contributed by atoms with Gasteiger partial charge in [-0.2, -0.15) is 0 Å². The van der Waals surface area contributed by atoms with Crippen LogP contribution in [0, 0.1) is 0 Å². The molecule has 0 radical (unpaired) electrons. The molecule has 2 amide bonds. The molecule has 16 nitrogen and oxygen atoms in total. The minimum absolute atomic E-state index is 0.0187. The third-order valence-corrected chi connectivity index (χ3v) is 14.9. The number of halogens is 6. The molecule has 0 spiro atoms. The summed E-state index contributed by atoms with van der Waals surface area (Å²) in [6, 6.07) is 45.0. The second kappa shape index (κ2) is 23.4. The van der Waals surface area contributed by atoms with E-state index in [4.69, 9.17) is 20.0 Å². The fourth-order valence-corrected chi connectivity index (χ4v) is 10.9. The average molecular weight is 1180 g/mol. The summed E-state index contributed by atoms with van der Waals surface area (Å²) < 4.78 is 85.4. The molecule has 24 heteroatoms. The molecule has 424 valence electrons. The number of alkyl halides is 6. The molecular weight excluding hydrogens is 1130 g/mol. The van der Waals surface area contributed by atoms with Crippen molar-refractivity contribution in [1.29, 1.82) is 0 Å². The smallest absolute Gasteiger partial charge is 0.406 e. The summed E-state index contributed by atoms with van der Waals surface area (Å²) in [7, 11) is 0. The number of hydrogen-bond acceptors (Lipinski definition) is 14. The summed E-state index contributed by atoms with van der Waals surface area (Å²) in [6.45, 7) is 8.40. The Bertz CT molecular complexity index is 4170. The van der Waals surface area contributed by atoms with Crippen LogP contribution in [0.3, 0.4) is 0 Å². The van der Waals surface area contributed by atoms with Crippen LogP contribution in [-0.2, 0) is 9.59 Å². The lowest BCUT2D eigenvalue weighted by atomic mass is 10.0. The molecule has 6 heterocycles. The molecule has 12 rings (SSSR count). The minimum atomic E-state index is -4.76. The summed E-state index contributed by atoms with van der Waals surface area (Å²) in [5, 5.41) is 11.8. The number of rotatable bonds is 12. The lowest BCUT2D eigenvalue weighted by molar-refractivity contribution is -0.275. The number of carbonyl (C=O) groups excluding carboxylic acids is 2. The monoisotopic (exact) mass is 1180 g/mol. The van der Waals surface area contributed by atoms with Gasteiger partial charge in [-0.15, -0.1) is 36.5 Å². The molecule has 10 aromatic rings. The van der Waals surface area contributed by atoms with Crippen molar-refractivity contribution in [3.05, 3.63) is 182 Å². The van der Waals surface area contributed by atoms with Crippen LogP contribution < -0.4 is 19.3 Å². The molecule has 0 unspecified atom stereocenters. The van der Waals surface area contributed by atoms with Gasteiger partial charge in [-0.1, -0.05) is 87.6 Å². The van der Waals surface area contributed by atoms with Gasteiger partial charge in [0.05, 0.1) is 45.3 Å². The summed E-state index contributed by atoms with van der Waals surface area (Å²) in [5.74, 6) is 2.24. The molecule has 0 saturated carbocycles. The first-order valence-electron chi connectivity index (χ1n) is 25.9. The predicted octanol–water partition coefficient (Wildman–Crippen LogP) is 14.5.